The topological polar surface area (TPSA) is 71.1 Å². The van der Waals surface area contributed by atoms with Crippen molar-refractivity contribution in [3.05, 3.63) is 24.0 Å². The third-order valence-electron chi connectivity index (χ3n) is 6.45. The van der Waals surface area contributed by atoms with E-state index in [2.05, 4.69) is 39.2 Å². The zero-order valence-electron chi connectivity index (χ0n) is 19.3. The minimum atomic E-state index is -1.87. The Hall–Kier alpha value is -2.13. The average molecular weight is 452 g/mol. The Morgan fingerprint density at radius 2 is 2.03 bits per heavy atom. The van der Waals surface area contributed by atoms with Gasteiger partial charge in [0.1, 0.15) is 11.9 Å². The Morgan fingerprint density at radius 1 is 1.32 bits per heavy atom. The van der Waals surface area contributed by atoms with Crippen molar-refractivity contribution in [1.29, 1.82) is 0 Å². The number of benzene rings is 1. The summed E-state index contributed by atoms with van der Waals surface area (Å²) in [6.45, 7) is 14.4. The molecule has 0 bridgehead atoms. The highest BCUT2D eigenvalue weighted by Crippen LogP contribution is 2.39. The van der Waals surface area contributed by atoms with Gasteiger partial charge in [0.25, 0.3) is 0 Å². The van der Waals surface area contributed by atoms with Crippen LogP contribution >= 0.6 is 0 Å². The van der Waals surface area contributed by atoms with Crippen LogP contribution in [-0.2, 0) is 14.0 Å². The number of hydrogen-bond donors (Lipinski definition) is 1. The second-order valence-electron chi connectivity index (χ2n) is 9.92. The van der Waals surface area contributed by atoms with Gasteiger partial charge in [-0.3, -0.25) is 9.69 Å². The van der Waals surface area contributed by atoms with Crippen LogP contribution in [0.3, 0.4) is 0 Å². The van der Waals surface area contributed by atoms with Gasteiger partial charge < -0.3 is 19.4 Å². The summed E-state index contributed by atoms with van der Waals surface area (Å²) in [6, 6.07) is 4.83. The lowest BCUT2D eigenvalue weighted by molar-refractivity contribution is -0.119. The summed E-state index contributed by atoms with van der Waals surface area (Å²) in [4.78, 5) is 26.7. The van der Waals surface area contributed by atoms with Gasteiger partial charge in [0.05, 0.1) is 30.6 Å². The first-order valence-electron chi connectivity index (χ1n) is 10.8. The van der Waals surface area contributed by atoms with E-state index in [-0.39, 0.29) is 36.0 Å². The van der Waals surface area contributed by atoms with Crippen LogP contribution in [0, 0.1) is 5.82 Å². The summed E-state index contributed by atoms with van der Waals surface area (Å²) in [7, 11) is -1.87. The second kappa shape index (κ2) is 8.78. The number of nitrogens with zero attached hydrogens (tertiary/aromatic N) is 2. The molecule has 2 fully saturated rings. The molecule has 7 nitrogen and oxygen atoms in total. The Kier molecular flexibility index (Phi) is 6.66. The van der Waals surface area contributed by atoms with Crippen LogP contribution in [0.25, 0.3) is 0 Å². The molecule has 0 saturated carbocycles. The molecule has 0 radical (unpaired) electrons. The number of ether oxygens (including phenoxy) is 1. The largest absolute Gasteiger partial charge is 0.442 e. The predicted octanol–water partition coefficient (Wildman–Crippen LogP) is 3.89. The summed E-state index contributed by atoms with van der Waals surface area (Å²) in [5.41, 5.74) is 0.970. The Morgan fingerprint density at radius 3 is 2.65 bits per heavy atom. The van der Waals surface area contributed by atoms with E-state index in [9.17, 15) is 14.0 Å². The number of anilines is 2. The first-order valence-corrected chi connectivity index (χ1v) is 13.7. The van der Waals surface area contributed by atoms with E-state index in [1.165, 1.54) is 17.9 Å². The van der Waals surface area contributed by atoms with Crippen molar-refractivity contribution in [1.82, 2.24) is 5.32 Å². The van der Waals surface area contributed by atoms with Gasteiger partial charge in [0.15, 0.2) is 8.32 Å². The molecular formula is C22H34FN3O4Si. The highest BCUT2D eigenvalue weighted by molar-refractivity contribution is 6.74. The molecule has 2 aliphatic rings. The van der Waals surface area contributed by atoms with Crippen LogP contribution in [-0.4, -0.2) is 58.7 Å². The standard InChI is InChI=1S/C22H34FN3O4Si/c1-15(27)24-12-18-14-26(21(28)29-18)16-7-8-20(19(23)11-16)25-10-9-17(13-25)30-31(5,6)22(2,3)4/h7-8,11,17-18H,9-10,12-14H2,1-6H3,(H,24,27). The van der Waals surface area contributed by atoms with Crippen LogP contribution in [0.2, 0.25) is 18.1 Å². The van der Waals surface area contributed by atoms with E-state index in [1.807, 2.05) is 4.90 Å². The maximum Gasteiger partial charge on any atom is 0.414 e. The molecule has 0 aliphatic carbocycles. The Labute approximate surface area is 185 Å². The molecule has 172 valence electrons. The molecule has 2 atom stereocenters. The predicted molar refractivity (Wildman–Crippen MR) is 122 cm³/mol. The van der Waals surface area contributed by atoms with Crippen molar-refractivity contribution in [2.75, 3.05) is 36.0 Å². The van der Waals surface area contributed by atoms with Gasteiger partial charge in [0, 0.05) is 20.0 Å². The van der Waals surface area contributed by atoms with Crippen molar-refractivity contribution in [3.8, 4) is 0 Å². The molecule has 1 N–H and O–H groups in total. The normalized spacial score (nSPS) is 22.1. The van der Waals surface area contributed by atoms with E-state index >= 15 is 0 Å². The van der Waals surface area contributed by atoms with Gasteiger partial charge >= 0.3 is 6.09 Å². The maximum absolute atomic E-state index is 15.0. The summed E-state index contributed by atoms with van der Waals surface area (Å²) >= 11 is 0. The molecule has 2 unspecified atom stereocenters. The Balaban J connectivity index is 1.64. The first-order chi connectivity index (χ1) is 14.4. The zero-order valence-corrected chi connectivity index (χ0v) is 20.3. The fourth-order valence-electron chi connectivity index (χ4n) is 3.65. The van der Waals surface area contributed by atoms with Crippen LogP contribution in [0.5, 0.6) is 0 Å². The number of cyclic esters (lactones) is 1. The lowest BCUT2D eigenvalue weighted by Gasteiger charge is -2.38. The van der Waals surface area contributed by atoms with Crippen molar-refractivity contribution in [2.24, 2.45) is 0 Å². The van der Waals surface area contributed by atoms with Crippen LogP contribution in [0.1, 0.15) is 34.1 Å². The van der Waals surface area contributed by atoms with Crippen LogP contribution in [0.15, 0.2) is 18.2 Å². The molecule has 2 aliphatic heterocycles. The van der Waals surface area contributed by atoms with Crippen molar-refractivity contribution in [2.45, 2.75) is 64.5 Å². The molecule has 3 rings (SSSR count). The fraction of sp³-hybridized carbons (Fsp3) is 0.636. The molecule has 2 saturated heterocycles. The molecule has 2 heterocycles. The fourth-order valence-corrected chi connectivity index (χ4v) is 5.03. The molecule has 9 heteroatoms. The third kappa shape index (κ3) is 5.38. The average Bonchev–Trinajstić information content (AvgIpc) is 3.25. The number of carbonyl (C=O) groups excluding carboxylic acids is 2. The highest BCUT2D eigenvalue weighted by Gasteiger charge is 2.41. The third-order valence-corrected chi connectivity index (χ3v) is 11.0. The quantitative estimate of drug-likeness (QED) is 0.665. The molecule has 1 aromatic carbocycles. The second-order valence-corrected chi connectivity index (χ2v) is 14.7. The smallest absolute Gasteiger partial charge is 0.414 e. The lowest BCUT2D eigenvalue weighted by Crippen LogP contribution is -2.44. The summed E-state index contributed by atoms with van der Waals surface area (Å²) in [5, 5.41) is 2.77. The van der Waals surface area contributed by atoms with Crippen molar-refractivity contribution in [3.63, 3.8) is 0 Å². The van der Waals surface area contributed by atoms with E-state index in [4.69, 9.17) is 9.16 Å². The number of carbonyl (C=O) groups is 2. The first kappa shape index (κ1) is 23.5. The SMILES string of the molecule is CC(=O)NCC1CN(c2ccc(N3CCC(O[Si](C)(C)C(C)(C)C)C3)c(F)c2)C(=O)O1. The molecule has 0 aromatic heterocycles. The summed E-state index contributed by atoms with van der Waals surface area (Å²) in [5.74, 6) is -0.560. The van der Waals surface area contributed by atoms with Gasteiger partial charge in [-0.25, -0.2) is 9.18 Å². The van der Waals surface area contributed by atoms with Gasteiger partial charge in [-0.05, 0) is 42.8 Å². The number of hydrogen-bond acceptors (Lipinski definition) is 5. The minimum Gasteiger partial charge on any atom is -0.442 e. The molecule has 31 heavy (non-hydrogen) atoms. The van der Waals surface area contributed by atoms with Crippen molar-refractivity contribution >= 4 is 31.7 Å². The molecule has 2 amide bonds. The minimum absolute atomic E-state index is 0.100. The summed E-state index contributed by atoms with van der Waals surface area (Å²) < 4.78 is 26.7. The molecular weight excluding hydrogens is 417 g/mol. The highest BCUT2D eigenvalue weighted by atomic mass is 28.4. The number of amides is 2. The molecule has 1 aromatic rings. The van der Waals surface area contributed by atoms with Crippen molar-refractivity contribution < 1.29 is 23.1 Å². The summed E-state index contributed by atoms with van der Waals surface area (Å²) in [6.07, 6.45) is -0.0164. The maximum atomic E-state index is 15.0. The number of halogens is 1. The molecule has 0 spiro atoms. The Bertz CT molecular complexity index is 843. The van der Waals surface area contributed by atoms with Gasteiger partial charge in [-0.15, -0.1) is 0 Å². The van der Waals surface area contributed by atoms with Crippen LogP contribution < -0.4 is 15.1 Å². The monoisotopic (exact) mass is 451 g/mol. The van der Waals surface area contributed by atoms with Gasteiger partial charge in [0.2, 0.25) is 5.91 Å². The van der Waals surface area contributed by atoms with E-state index < -0.39 is 20.5 Å². The lowest BCUT2D eigenvalue weighted by atomic mass is 10.2. The van der Waals surface area contributed by atoms with Crippen LogP contribution in [0.4, 0.5) is 20.6 Å². The van der Waals surface area contributed by atoms with E-state index in [0.717, 1.165) is 13.0 Å². The van der Waals surface area contributed by atoms with Gasteiger partial charge in [-0.1, -0.05) is 20.8 Å². The zero-order chi connectivity index (χ0) is 23.0. The van der Waals surface area contributed by atoms with Gasteiger partial charge in [-0.2, -0.15) is 0 Å². The number of nitrogens with one attached hydrogen (secondary N) is 1. The van der Waals surface area contributed by atoms with E-state index in [0.29, 0.717) is 17.9 Å². The van der Waals surface area contributed by atoms with E-state index in [1.54, 1.807) is 12.1 Å². The number of rotatable bonds is 6.